The Bertz CT molecular complexity index is 380. The second-order valence-corrected chi connectivity index (χ2v) is 6.00. The number of ether oxygens (including phenoxy) is 1. The monoisotopic (exact) mass is 271 g/mol. The van der Waals surface area contributed by atoms with Gasteiger partial charge in [0.25, 0.3) is 0 Å². The molecule has 2 nitrogen and oxygen atoms in total. The zero-order chi connectivity index (χ0) is 12.3. The number of thioether (sulfide) groups is 1. The third kappa shape index (κ3) is 3.62. The Kier molecular flexibility index (Phi) is 4.74. The van der Waals surface area contributed by atoms with Crippen molar-refractivity contribution < 1.29 is 4.74 Å². The van der Waals surface area contributed by atoms with Gasteiger partial charge in [-0.2, -0.15) is 11.8 Å². The zero-order valence-corrected chi connectivity index (χ0v) is 11.6. The largest absolute Gasteiger partial charge is 0.375 e. The van der Waals surface area contributed by atoms with Crippen LogP contribution in [0.5, 0.6) is 0 Å². The Morgan fingerprint density at radius 2 is 2.41 bits per heavy atom. The molecule has 0 spiro atoms. The van der Waals surface area contributed by atoms with Crippen molar-refractivity contribution in [3.05, 3.63) is 34.3 Å². The van der Waals surface area contributed by atoms with Gasteiger partial charge in [0, 0.05) is 22.6 Å². The molecule has 0 amide bonds. The molecule has 0 saturated carbocycles. The summed E-state index contributed by atoms with van der Waals surface area (Å²) >= 11 is 8.12. The first kappa shape index (κ1) is 13.2. The van der Waals surface area contributed by atoms with Crippen LogP contribution in [-0.4, -0.2) is 30.3 Å². The van der Waals surface area contributed by atoms with Crippen molar-refractivity contribution in [3.8, 4) is 0 Å². The van der Waals surface area contributed by atoms with Crippen LogP contribution >= 0.6 is 23.4 Å². The van der Waals surface area contributed by atoms with Gasteiger partial charge in [0.05, 0.1) is 12.7 Å². The Balaban J connectivity index is 1.99. The number of aryl methyl sites for hydroxylation is 1. The van der Waals surface area contributed by atoms with Crippen LogP contribution in [0.15, 0.2) is 18.2 Å². The van der Waals surface area contributed by atoms with Crippen LogP contribution in [-0.2, 0) is 11.2 Å². The summed E-state index contributed by atoms with van der Waals surface area (Å²) in [5.74, 6) is 2.07. The highest BCUT2D eigenvalue weighted by atomic mass is 35.5. The maximum atomic E-state index is 6.21. The maximum Gasteiger partial charge on any atom is 0.0819 e. The molecule has 4 heteroatoms. The summed E-state index contributed by atoms with van der Waals surface area (Å²) in [5, 5.41) is 0.809. The number of halogens is 1. The van der Waals surface area contributed by atoms with Crippen LogP contribution in [0.25, 0.3) is 0 Å². The molecule has 1 heterocycles. The first-order valence-corrected chi connectivity index (χ1v) is 7.40. The second kappa shape index (κ2) is 6.10. The third-order valence-electron chi connectivity index (χ3n) is 2.98. The maximum absolute atomic E-state index is 6.21. The van der Waals surface area contributed by atoms with Crippen molar-refractivity contribution in [1.29, 1.82) is 0 Å². The number of hydrogen-bond acceptors (Lipinski definition) is 3. The van der Waals surface area contributed by atoms with Crippen LogP contribution in [0, 0.1) is 6.92 Å². The molecule has 2 N–H and O–H groups in total. The Hall–Kier alpha value is -0.220. The Morgan fingerprint density at radius 1 is 1.59 bits per heavy atom. The van der Waals surface area contributed by atoms with Crippen molar-refractivity contribution in [2.45, 2.75) is 25.5 Å². The number of benzene rings is 1. The fourth-order valence-electron chi connectivity index (χ4n) is 1.96. The number of hydrogen-bond donors (Lipinski definition) is 1. The van der Waals surface area contributed by atoms with Gasteiger partial charge in [-0.05, 0) is 30.5 Å². The molecule has 0 bridgehead atoms. The fourth-order valence-corrected chi connectivity index (χ4v) is 3.23. The molecule has 2 unspecified atom stereocenters. The standard InChI is InChI=1S/C13H18ClNOS/c1-9-2-3-10(11(14)6-9)7-12(15)13-8-17-5-4-16-13/h2-3,6,12-13H,4-5,7-8,15H2,1H3. The van der Waals surface area contributed by atoms with Crippen molar-refractivity contribution in [3.63, 3.8) is 0 Å². The average Bonchev–Trinajstić information content (AvgIpc) is 2.34. The van der Waals surface area contributed by atoms with Gasteiger partial charge in [0.1, 0.15) is 0 Å². The first-order valence-electron chi connectivity index (χ1n) is 5.87. The molecule has 1 aromatic carbocycles. The lowest BCUT2D eigenvalue weighted by atomic mass is 10.0. The van der Waals surface area contributed by atoms with Gasteiger partial charge in [-0.25, -0.2) is 0 Å². The molecular weight excluding hydrogens is 254 g/mol. The van der Waals surface area contributed by atoms with E-state index in [1.165, 1.54) is 5.56 Å². The summed E-state index contributed by atoms with van der Waals surface area (Å²) in [6.45, 7) is 2.85. The SMILES string of the molecule is Cc1ccc(CC(N)C2CSCCO2)c(Cl)c1. The minimum absolute atomic E-state index is 0.0306. The molecule has 2 rings (SSSR count). The van der Waals surface area contributed by atoms with Crippen LogP contribution in [0.1, 0.15) is 11.1 Å². The van der Waals surface area contributed by atoms with Gasteiger partial charge in [-0.15, -0.1) is 0 Å². The minimum atomic E-state index is 0.0306. The lowest BCUT2D eigenvalue weighted by molar-refractivity contribution is 0.0572. The van der Waals surface area contributed by atoms with E-state index < -0.39 is 0 Å². The summed E-state index contributed by atoms with van der Waals surface area (Å²) < 4.78 is 5.69. The summed E-state index contributed by atoms with van der Waals surface area (Å²) in [5.41, 5.74) is 8.48. The van der Waals surface area contributed by atoms with Gasteiger partial charge in [-0.3, -0.25) is 0 Å². The first-order chi connectivity index (χ1) is 8.16. The zero-order valence-electron chi connectivity index (χ0n) is 9.99. The lowest BCUT2D eigenvalue weighted by Crippen LogP contribution is -2.42. The van der Waals surface area contributed by atoms with E-state index in [1.807, 2.05) is 24.8 Å². The van der Waals surface area contributed by atoms with Crippen LogP contribution in [0.3, 0.4) is 0 Å². The van der Waals surface area contributed by atoms with Crippen LogP contribution in [0.2, 0.25) is 5.02 Å². The number of nitrogens with two attached hydrogens (primary N) is 1. The van der Waals surface area contributed by atoms with Crippen molar-refractivity contribution in [2.24, 2.45) is 5.73 Å². The van der Waals surface area contributed by atoms with Crippen LogP contribution < -0.4 is 5.73 Å². The van der Waals surface area contributed by atoms with E-state index in [2.05, 4.69) is 12.1 Å². The molecule has 1 fully saturated rings. The second-order valence-electron chi connectivity index (χ2n) is 4.45. The molecule has 0 aliphatic carbocycles. The molecule has 17 heavy (non-hydrogen) atoms. The van der Waals surface area contributed by atoms with E-state index in [0.29, 0.717) is 0 Å². The lowest BCUT2D eigenvalue weighted by Gasteiger charge is -2.27. The summed E-state index contributed by atoms with van der Waals surface area (Å²) in [4.78, 5) is 0. The third-order valence-corrected chi connectivity index (χ3v) is 4.35. The van der Waals surface area contributed by atoms with Crippen molar-refractivity contribution in [1.82, 2.24) is 0 Å². The molecule has 1 saturated heterocycles. The quantitative estimate of drug-likeness (QED) is 0.918. The predicted molar refractivity (Wildman–Crippen MR) is 74.9 cm³/mol. The van der Waals surface area contributed by atoms with E-state index in [4.69, 9.17) is 22.1 Å². The van der Waals surface area contributed by atoms with Crippen LogP contribution in [0.4, 0.5) is 0 Å². The molecule has 1 aliphatic heterocycles. The Morgan fingerprint density at radius 3 is 3.06 bits per heavy atom. The van der Waals surface area contributed by atoms with Gasteiger partial charge in [-0.1, -0.05) is 23.7 Å². The van der Waals surface area contributed by atoms with Crippen molar-refractivity contribution in [2.75, 3.05) is 18.1 Å². The smallest absolute Gasteiger partial charge is 0.0819 e. The molecular formula is C13H18ClNOS. The van der Waals surface area contributed by atoms with E-state index in [1.54, 1.807) is 0 Å². The fraction of sp³-hybridized carbons (Fsp3) is 0.538. The van der Waals surface area contributed by atoms with Crippen molar-refractivity contribution >= 4 is 23.4 Å². The van der Waals surface area contributed by atoms with Gasteiger partial charge < -0.3 is 10.5 Å². The van der Waals surface area contributed by atoms with Gasteiger partial charge in [0.15, 0.2) is 0 Å². The molecule has 2 atom stereocenters. The number of rotatable bonds is 3. The summed E-state index contributed by atoms with van der Waals surface area (Å²) in [7, 11) is 0. The van der Waals surface area contributed by atoms with E-state index in [-0.39, 0.29) is 12.1 Å². The normalized spacial score (nSPS) is 22.4. The topological polar surface area (TPSA) is 35.2 Å². The average molecular weight is 272 g/mol. The van der Waals surface area contributed by atoms with Gasteiger partial charge in [0.2, 0.25) is 0 Å². The van der Waals surface area contributed by atoms with E-state index >= 15 is 0 Å². The molecule has 0 aromatic heterocycles. The van der Waals surface area contributed by atoms with E-state index in [0.717, 1.165) is 35.1 Å². The highest BCUT2D eigenvalue weighted by molar-refractivity contribution is 7.99. The minimum Gasteiger partial charge on any atom is -0.375 e. The van der Waals surface area contributed by atoms with E-state index in [9.17, 15) is 0 Å². The van der Waals surface area contributed by atoms with Gasteiger partial charge >= 0.3 is 0 Å². The summed E-state index contributed by atoms with van der Waals surface area (Å²) in [6, 6.07) is 6.15. The summed E-state index contributed by atoms with van der Waals surface area (Å²) in [6.07, 6.45) is 0.941. The molecule has 0 radical (unpaired) electrons. The predicted octanol–water partition coefficient (Wildman–Crippen LogP) is 2.65. The molecule has 1 aliphatic rings. The molecule has 94 valence electrons. The highest BCUT2D eigenvalue weighted by Crippen LogP contribution is 2.22. The molecule has 1 aromatic rings. The Labute approximate surface area is 112 Å². The highest BCUT2D eigenvalue weighted by Gasteiger charge is 2.22.